The molecule has 0 saturated carbocycles. The van der Waals surface area contributed by atoms with Crippen LogP contribution >= 0.6 is 15.6 Å². The summed E-state index contributed by atoms with van der Waals surface area (Å²) in [6.45, 7) is 7.21. The minimum atomic E-state index is -4.95. The molecule has 0 aromatic rings. The molecule has 0 heterocycles. The number of carbonyl (C=O) groups is 4. The first-order valence-electron chi connectivity index (χ1n) is 37.6. The number of carbonyl (C=O) groups excluding carboxylic acids is 4. The van der Waals surface area contributed by atoms with Crippen LogP contribution in [-0.4, -0.2) is 96.7 Å². The maximum absolute atomic E-state index is 13.0. The average molecular weight is 1340 g/mol. The lowest BCUT2D eigenvalue weighted by Crippen LogP contribution is -2.30. The van der Waals surface area contributed by atoms with Gasteiger partial charge in [-0.2, -0.15) is 0 Å². The SMILES string of the molecule is CCCCCCCCCCCCCCCCCCCC(=O)O[C@H](COC(=O)CCCCCCCCCCCCCCC)COP(=O)(O)OC[C@@H](O)COP(=O)(O)OC[C@@H](COC(=O)CCCCCCCCCC(C)C)OC(=O)CCCCCCCCCCCCC. The fourth-order valence-electron chi connectivity index (χ4n) is 11.0. The van der Waals surface area contributed by atoms with Crippen molar-refractivity contribution in [2.45, 2.75) is 393 Å². The molecule has 91 heavy (non-hydrogen) atoms. The Hall–Kier alpha value is -1.94. The van der Waals surface area contributed by atoms with Gasteiger partial charge in [0.05, 0.1) is 26.4 Å². The zero-order chi connectivity index (χ0) is 67.0. The van der Waals surface area contributed by atoms with Crippen molar-refractivity contribution >= 4 is 39.5 Å². The Kier molecular flexibility index (Phi) is 64.0. The van der Waals surface area contributed by atoms with Crippen molar-refractivity contribution in [3.8, 4) is 0 Å². The number of hydrogen-bond acceptors (Lipinski definition) is 15. The first-order valence-corrected chi connectivity index (χ1v) is 40.6. The average Bonchev–Trinajstić information content (AvgIpc) is 2.15. The fourth-order valence-corrected chi connectivity index (χ4v) is 12.6. The van der Waals surface area contributed by atoms with Crippen LogP contribution in [-0.2, 0) is 65.4 Å². The summed E-state index contributed by atoms with van der Waals surface area (Å²) in [5.74, 6) is -1.41. The van der Waals surface area contributed by atoms with E-state index in [-0.39, 0.29) is 25.7 Å². The zero-order valence-electron chi connectivity index (χ0n) is 59.0. The third-order valence-corrected chi connectivity index (χ3v) is 18.7. The number of esters is 4. The van der Waals surface area contributed by atoms with E-state index >= 15 is 0 Å². The molecule has 0 spiro atoms. The number of hydrogen-bond donors (Lipinski definition) is 3. The minimum absolute atomic E-state index is 0.106. The van der Waals surface area contributed by atoms with E-state index in [1.807, 2.05) is 0 Å². The summed E-state index contributed by atoms with van der Waals surface area (Å²) in [4.78, 5) is 72.6. The van der Waals surface area contributed by atoms with Gasteiger partial charge in [0, 0.05) is 25.7 Å². The van der Waals surface area contributed by atoms with Gasteiger partial charge in [-0.15, -0.1) is 0 Å². The molecule has 0 radical (unpaired) electrons. The molecule has 0 aliphatic carbocycles. The molecule has 5 atom stereocenters. The van der Waals surface area contributed by atoms with Crippen LogP contribution in [0.25, 0.3) is 0 Å². The van der Waals surface area contributed by atoms with Crippen LogP contribution in [0.5, 0.6) is 0 Å². The van der Waals surface area contributed by atoms with Gasteiger partial charge in [0.2, 0.25) is 0 Å². The van der Waals surface area contributed by atoms with Crippen molar-refractivity contribution in [2.24, 2.45) is 5.92 Å². The van der Waals surface area contributed by atoms with Gasteiger partial charge in [-0.3, -0.25) is 37.3 Å². The molecule has 0 fully saturated rings. The Morgan fingerprint density at radius 2 is 0.505 bits per heavy atom. The van der Waals surface area contributed by atoms with Crippen LogP contribution in [0, 0.1) is 5.92 Å². The summed E-state index contributed by atoms with van der Waals surface area (Å²) in [7, 11) is -9.90. The topological polar surface area (TPSA) is 237 Å². The number of phosphoric acid groups is 2. The van der Waals surface area contributed by atoms with Gasteiger partial charge >= 0.3 is 39.5 Å². The van der Waals surface area contributed by atoms with Crippen LogP contribution in [0.1, 0.15) is 375 Å². The smallest absolute Gasteiger partial charge is 0.462 e. The predicted octanol–water partition coefficient (Wildman–Crippen LogP) is 20.9. The summed E-state index contributed by atoms with van der Waals surface area (Å²) in [5.41, 5.74) is 0. The lowest BCUT2D eigenvalue weighted by molar-refractivity contribution is -0.161. The van der Waals surface area contributed by atoms with E-state index in [1.54, 1.807) is 0 Å². The van der Waals surface area contributed by atoms with Crippen molar-refractivity contribution in [1.82, 2.24) is 0 Å². The van der Waals surface area contributed by atoms with Crippen molar-refractivity contribution in [3.63, 3.8) is 0 Å². The van der Waals surface area contributed by atoms with E-state index in [1.165, 1.54) is 193 Å². The monoisotopic (exact) mass is 1340 g/mol. The van der Waals surface area contributed by atoms with Crippen molar-refractivity contribution < 1.29 is 80.2 Å². The highest BCUT2D eigenvalue weighted by molar-refractivity contribution is 7.47. The molecule has 0 aromatic heterocycles. The summed E-state index contributed by atoms with van der Waals surface area (Å²) in [6, 6.07) is 0. The van der Waals surface area contributed by atoms with Gasteiger partial charge in [-0.25, -0.2) is 9.13 Å². The van der Waals surface area contributed by atoms with Gasteiger partial charge in [0.1, 0.15) is 19.3 Å². The molecule has 17 nitrogen and oxygen atoms in total. The molecule has 0 aliphatic heterocycles. The molecular formula is C72H140O17P2. The summed E-state index contributed by atoms with van der Waals surface area (Å²) in [6.07, 6.45) is 52.7. The number of aliphatic hydroxyl groups is 1. The van der Waals surface area contributed by atoms with Crippen LogP contribution < -0.4 is 0 Å². The molecule has 0 saturated heterocycles. The summed E-state index contributed by atoms with van der Waals surface area (Å²) in [5, 5.41) is 10.6. The zero-order valence-corrected chi connectivity index (χ0v) is 60.8. The molecule has 19 heteroatoms. The highest BCUT2D eigenvalue weighted by Gasteiger charge is 2.30. The molecular weight excluding hydrogens is 1200 g/mol. The fraction of sp³-hybridized carbons (Fsp3) is 0.944. The summed E-state index contributed by atoms with van der Waals surface area (Å²) >= 11 is 0. The molecule has 3 N–H and O–H groups in total. The first-order chi connectivity index (χ1) is 44.0. The van der Waals surface area contributed by atoms with Crippen LogP contribution in [0.4, 0.5) is 0 Å². The Morgan fingerprint density at radius 1 is 0.297 bits per heavy atom. The second kappa shape index (κ2) is 65.4. The van der Waals surface area contributed by atoms with Crippen LogP contribution in [0.15, 0.2) is 0 Å². The molecule has 0 amide bonds. The van der Waals surface area contributed by atoms with Crippen molar-refractivity contribution in [2.75, 3.05) is 39.6 Å². The Bertz CT molecular complexity index is 1750. The van der Waals surface area contributed by atoms with Gasteiger partial charge in [-0.05, 0) is 31.6 Å². The van der Waals surface area contributed by atoms with E-state index in [4.69, 9.17) is 37.0 Å². The lowest BCUT2D eigenvalue weighted by Gasteiger charge is -2.21. The van der Waals surface area contributed by atoms with E-state index in [2.05, 4.69) is 34.6 Å². The Balaban J connectivity index is 5.23. The number of phosphoric ester groups is 2. The highest BCUT2D eigenvalue weighted by Crippen LogP contribution is 2.45. The highest BCUT2D eigenvalue weighted by atomic mass is 31.2. The van der Waals surface area contributed by atoms with Gasteiger partial charge < -0.3 is 33.8 Å². The maximum Gasteiger partial charge on any atom is 0.472 e. The third kappa shape index (κ3) is 66.5. The lowest BCUT2D eigenvalue weighted by atomic mass is 10.0. The predicted molar refractivity (Wildman–Crippen MR) is 368 cm³/mol. The quantitative estimate of drug-likeness (QED) is 0.0222. The van der Waals surface area contributed by atoms with Gasteiger partial charge in [0.25, 0.3) is 0 Å². The molecule has 540 valence electrons. The van der Waals surface area contributed by atoms with Gasteiger partial charge in [-0.1, -0.05) is 324 Å². The molecule has 0 aromatic carbocycles. The summed E-state index contributed by atoms with van der Waals surface area (Å²) < 4.78 is 68.3. The number of aliphatic hydroxyl groups excluding tert-OH is 1. The molecule has 0 rings (SSSR count). The largest absolute Gasteiger partial charge is 0.472 e. The van der Waals surface area contributed by atoms with Crippen molar-refractivity contribution in [1.29, 1.82) is 0 Å². The Labute approximate surface area is 556 Å². The van der Waals surface area contributed by atoms with Crippen molar-refractivity contribution in [3.05, 3.63) is 0 Å². The number of unbranched alkanes of at least 4 members (excludes halogenated alkanes) is 44. The number of ether oxygens (including phenoxy) is 4. The molecule has 0 aliphatic rings. The van der Waals surface area contributed by atoms with E-state index in [0.717, 1.165) is 96.3 Å². The van der Waals surface area contributed by atoms with Crippen LogP contribution in [0.2, 0.25) is 0 Å². The normalized spacial score (nSPS) is 14.0. The second-order valence-electron chi connectivity index (χ2n) is 26.5. The molecule has 2 unspecified atom stereocenters. The maximum atomic E-state index is 13.0. The Morgan fingerprint density at radius 3 is 0.747 bits per heavy atom. The van der Waals surface area contributed by atoms with E-state index in [0.29, 0.717) is 31.6 Å². The number of rotatable bonds is 72. The third-order valence-electron chi connectivity index (χ3n) is 16.8. The van der Waals surface area contributed by atoms with E-state index < -0.39 is 97.5 Å². The minimum Gasteiger partial charge on any atom is -0.462 e. The van der Waals surface area contributed by atoms with Gasteiger partial charge in [0.15, 0.2) is 12.2 Å². The van der Waals surface area contributed by atoms with Crippen LogP contribution in [0.3, 0.4) is 0 Å². The standard InChI is InChI=1S/C72H140O17P2/c1-6-9-12-15-18-21-24-26-27-28-29-31-34-37-42-48-53-58-72(77)88-67(61-82-69(74)55-50-45-40-35-33-30-25-22-19-16-13-10-7-2)63-86-90(78,79)84-59-66(73)60-85-91(80,81)87-64-68(62-83-70(75)56-51-46-43-38-39-44-49-54-65(4)5)89-71(76)57-52-47-41-36-32-23-20-17-14-11-8-3/h65-68,73H,6-64H2,1-5H3,(H,78,79)(H,80,81)/t66-,67-,68-/m1/s1. The second-order valence-corrected chi connectivity index (χ2v) is 29.4. The first kappa shape index (κ1) is 89.1. The molecule has 0 bridgehead atoms. The van der Waals surface area contributed by atoms with E-state index in [9.17, 15) is 43.2 Å².